The molecule has 0 saturated carbocycles. The summed E-state index contributed by atoms with van der Waals surface area (Å²) in [5, 5.41) is 14.2. The highest BCUT2D eigenvalue weighted by Crippen LogP contribution is 2.20. The number of hydrogen-bond acceptors (Lipinski definition) is 5. The van der Waals surface area contributed by atoms with Crippen LogP contribution < -0.4 is 5.32 Å². The molecule has 5 rings (SSSR count). The van der Waals surface area contributed by atoms with Crippen LogP contribution in [0.5, 0.6) is 0 Å². The predicted molar refractivity (Wildman–Crippen MR) is 120 cm³/mol. The van der Waals surface area contributed by atoms with Gasteiger partial charge in [0, 0.05) is 6.54 Å². The van der Waals surface area contributed by atoms with Crippen molar-refractivity contribution in [3.63, 3.8) is 0 Å². The SMILES string of the molecule is O=C(Cc1ccc(-n2cnnn2)cc1)NC(Cn1cnc2ccccc21)c1ccc(F)cc1. The Morgan fingerprint density at radius 1 is 0.970 bits per heavy atom. The number of nitrogens with zero attached hydrogens (tertiary/aromatic N) is 6. The molecule has 0 radical (unpaired) electrons. The second-order valence-corrected chi connectivity index (χ2v) is 7.65. The minimum Gasteiger partial charge on any atom is -0.347 e. The minimum absolute atomic E-state index is 0.135. The zero-order valence-corrected chi connectivity index (χ0v) is 17.5. The molecule has 0 fully saturated rings. The van der Waals surface area contributed by atoms with Crippen molar-refractivity contribution in [2.24, 2.45) is 0 Å². The van der Waals surface area contributed by atoms with E-state index in [9.17, 15) is 9.18 Å². The zero-order valence-electron chi connectivity index (χ0n) is 17.5. The van der Waals surface area contributed by atoms with Crippen molar-refractivity contribution in [3.05, 3.63) is 102 Å². The van der Waals surface area contributed by atoms with Crippen molar-refractivity contribution >= 4 is 16.9 Å². The van der Waals surface area contributed by atoms with Crippen LogP contribution in [-0.4, -0.2) is 35.7 Å². The molecule has 5 aromatic rings. The topological polar surface area (TPSA) is 90.5 Å². The lowest BCUT2D eigenvalue weighted by molar-refractivity contribution is -0.121. The second-order valence-electron chi connectivity index (χ2n) is 7.65. The normalized spacial score (nSPS) is 12.0. The van der Waals surface area contributed by atoms with Gasteiger partial charge in [0.2, 0.25) is 5.91 Å². The van der Waals surface area contributed by atoms with Gasteiger partial charge in [-0.25, -0.2) is 14.1 Å². The van der Waals surface area contributed by atoms with Crippen LogP contribution in [0.2, 0.25) is 0 Å². The number of fused-ring (bicyclic) bond motifs is 1. The molecule has 33 heavy (non-hydrogen) atoms. The van der Waals surface area contributed by atoms with E-state index in [-0.39, 0.29) is 24.2 Å². The summed E-state index contributed by atoms with van der Waals surface area (Å²) in [6, 6.07) is 21.1. The number of para-hydroxylation sites is 2. The number of carbonyl (C=O) groups is 1. The molecule has 8 nitrogen and oxygen atoms in total. The van der Waals surface area contributed by atoms with Gasteiger partial charge in [-0.15, -0.1) is 5.10 Å². The van der Waals surface area contributed by atoms with Gasteiger partial charge in [0.25, 0.3) is 0 Å². The van der Waals surface area contributed by atoms with Gasteiger partial charge in [0.05, 0.1) is 35.5 Å². The number of amides is 1. The lowest BCUT2D eigenvalue weighted by atomic mass is 10.1. The third-order valence-corrected chi connectivity index (χ3v) is 5.43. The van der Waals surface area contributed by atoms with Gasteiger partial charge in [-0.3, -0.25) is 4.79 Å². The summed E-state index contributed by atoms with van der Waals surface area (Å²) in [5.74, 6) is -0.455. The lowest BCUT2D eigenvalue weighted by Crippen LogP contribution is -2.32. The van der Waals surface area contributed by atoms with Gasteiger partial charge in [-0.2, -0.15) is 0 Å². The number of carbonyl (C=O) groups excluding carboxylic acids is 1. The Morgan fingerprint density at radius 3 is 2.52 bits per heavy atom. The molecule has 0 aliphatic rings. The summed E-state index contributed by atoms with van der Waals surface area (Å²) in [6.45, 7) is 0.468. The van der Waals surface area contributed by atoms with Gasteiger partial charge in [-0.1, -0.05) is 36.4 Å². The minimum atomic E-state index is -0.351. The fourth-order valence-corrected chi connectivity index (χ4v) is 3.76. The number of imidazole rings is 1. The molecule has 1 amide bonds. The zero-order chi connectivity index (χ0) is 22.6. The number of tetrazole rings is 1. The van der Waals surface area contributed by atoms with Crippen LogP contribution in [0.1, 0.15) is 17.2 Å². The number of aromatic nitrogens is 6. The highest BCUT2D eigenvalue weighted by Gasteiger charge is 2.17. The summed E-state index contributed by atoms with van der Waals surface area (Å²) in [4.78, 5) is 17.4. The molecule has 3 aromatic carbocycles. The molecule has 0 bridgehead atoms. The number of hydrogen-bond donors (Lipinski definition) is 1. The van der Waals surface area contributed by atoms with Crippen LogP contribution in [0.3, 0.4) is 0 Å². The maximum atomic E-state index is 13.5. The van der Waals surface area contributed by atoms with Crippen molar-refractivity contribution in [3.8, 4) is 5.69 Å². The molecule has 1 unspecified atom stereocenters. The summed E-state index contributed by atoms with van der Waals surface area (Å²) < 4.78 is 17.0. The van der Waals surface area contributed by atoms with Gasteiger partial charge in [-0.05, 0) is 58.0 Å². The fraction of sp³-hybridized carbons (Fsp3) is 0.125. The predicted octanol–water partition coefficient (Wildman–Crippen LogP) is 3.25. The van der Waals surface area contributed by atoms with E-state index in [2.05, 4.69) is 25.8 Å². The van der Waals surface area contributed by atoms with Gasteiger partial charge in [0.1, 0.15) is 12.1 Å². The van der Waals surface area contributed by atoms with E-state index in [0.29, 0.717) is 6.54 Å². The van der Waals surface area contributed by atoms with E-state index >= 15 is 0 Å². The molecule has 1 atom stereocenters. The monoisotopic (exact) mass is 441 g/mol. The summed E-state index contributed by atoms with van der Waals surface area (Å²) in [6.07, 6.45) is 3.47. The van der Waals surface area contributed by atoms with Crippen molar-refractivity contribution in [1.29, 1.82) is 0 Å². The average molecular weight is 441 g/mol. The molecule has 164 valence electrons. The quantitative estimate of drug-likeness (QED) is 0.419. The summed E-state index contributed by atoms with van der Waals surface area (Å²) in [7, 11) is 0. The Bertz CT molecular complexity index is 1360. The second kappa shape index (κ2) is 8.99. The average Bonchev–Trinajstić information content (AvgIpc) is 3.51. The van der Waals surface area contributed by atoms with Crippen molar-refractivity contribution in [2.45, 2.75) is 19.0 Å². The highest BCUT2D eigenvalue weighted by atomic mass is 19.1. The Balaban J connectivity index is 1.34. The molecular weight excluding hydrogens is 421 g/mol. The van der Waals surface area contributed by atoms with Crippen LogP contribution in [0, 0.1) is 5.82 Å². The van der Waals surface area contributed by atoms with Crippen LogP contribution >= 0.6 is 0 Å². The first-order chi connectivity index (χ1) is 16.2. The van der Waals surface area contributed by atoms with Crippen molar-refractivity contribution in [2.75, 3.05) is 0 Å². The number of rotatable bonds is 7. The highest BCUT2D eigenvalue weighted by molar-refractivity contribution is 5.79. The van der Waals surface area contributed by atoms with E-state index < -0.39 is 0 Å². The molecule has 0 saturated heterocycles. The summed E-state index contributed by atoms with van der Waals surface area (Å²) >= 11 is 0. The molecule has 1 N–H and O–H groups in total. The molecular formula is C24H20FN7O. The van der Waals surface area contributed by atoms with Crippen LogP contribution in [0.4, 0.5) is 4.39 Å². The first-order valence-electron chi connectivity index (χ1n) is 10.4. The fourth-order valence-electron chi connectivity index (χ4n) is 3.76. The van der Waals surface area contributed by atoms with Crippen LogP contribution in [0.15, 0.2) is 85.5 Å². The molecule has 2 heterocycles. The van der Waals surface area contributed by atoms with Gasteiger partial charge in [0.15, 0.2) is 0 Å². The third-order valence-electron chi connectivity index (χ3n) is 5.43. The molecule has 9 heteroatoms. The lowest BCUT2D eigenvalue weighted by Gasteiger charge is -2.20. The van der Waals surface area contributed by atoms with E-state index in [1.165, 1.54) is 18.5 Å². The van der Waals surface area contributed by atoms with Crippen LogP contribution in [0.25, 0.3) is 16.7 Å². The van der Waals surface area contributed by atoms with Crippen molar-refractivity contribution < 1.29 is 9.18 Å². The Labute approximate surface area is 188 Å². The molecule has 0 spiro atoms. The van der Waals surface area contributed by atoms with Crippen LogP contribution in [-0.2, 0) is 17.8 Å². The largest absolute Gasteiger partial charge is 0.347 e. The Hall–Kier alpha value is -4.40. The number of nitrogens with one attached hydrogen (secondary N) is 1. The maximum absolute atomic E-state index is 13.5. The molecule has 0 aliphatic heterocycles. The van der Waals surface area contributed by atoms with Crippen molar-refractivity contribution in [1.82, 2.24) is 35.1 Å². The number of benzene rings is 3. The first-order valence-corrected chi connectivity index (χ1v) is 10.4. The first kappa shape index (κ1) is 20.5. The van der Waals surface area contributed by atoms with Gasteiger partial charge < -0.3 is 9.88 Å². The van der Waals surface area contributed by atoms with E-state index in [4.69, 9.17) is 0 Å². The smallest absolute Gasteiger partial charge is 0.224 e. The van der Waals surface area contributed by atoms with Gasteiger partial charge >= 0.3 is 0 Å². The van der Waals surface area contributed by atoms with E-state index in [0.717, 1.165) is 27.8 Å². The summed E-state index contributed by atoms with van der Waals surface area (Å²) in [5.41, 5.74) is 4.33. The molecule has 2 aromatic heterocycles. The molecule has 0 aliphatic carbocycles. The Morgan fingerprint density at radius 2 is 1.76 bits per heavy atom. The van der Waals surface area contributed by atoms with E-state index in [1.807, 2.05) is 53.1 Å². The van der Waals surface area contributed by atoms with E-state index in [1.54, 1.807) is 23.1 Å². The maximum Gasteiger partial charge on any atom is 0.224 e. The standard InChI is InChI=1S/C24H20FN7O/c25-19-9-7-18(8-10-19)22(14-31-15-26-21-3-1-2-4-23(21)31)28-24(33)13-17-5-11-20(12-6-17)32-16-27-29-30-32/h1-12,15-16,22H,13-14H2,(H,28,33). The number of halogens is 1. The third kappa shape index (κ3) is 4.62. The Kier molecular flexibility index (Phi) is 5.59.